The highest BCUT2D eigenvalue weighted by atomic mass is 19.3. The van der Waals surface area contributed by atoms with Gasteiger partial charge in [0.2, 0.25) is 0 Å². The van der Waals surface area contributed by atoms with E-state index in [1.165, 1.54) is 6.07 Å². The van der Waals surface area contributed by atoms with Gasteiger partial charge in [-0.1, -0.05) is 30.3 Å². The largest absolute Gasteiger partial charge is 0.489 e. The van der Waals surface area contributed by atoms with Crippen LogP contribution >= 0.6 is 0 Å². The third-order valence-electron chi connectivity index (χ3n) is 2.89. The fraction of sp³-hybridized carbons (Fsp3) is 0.250. The summed E-state index contributed by atoms with van der Waals surface area (Å²) in [5.41, 5.74) is 1.73. The maximum Gasteiger partial charge on any atom is 0.387 e. The molecule has 0 fully saturated rings. The van der Waals surface area contributed by atoms with Crippen molar-refractivity contribution in [2.45, 2.75) is 19.8 Å². The molecule has 0 spiro atoms. The van der Waals surface area contributed by atoms with Gasteiger partial charge in [-0.25, -0.2) is 0 Å². The van der Waals surface area contributed by atoms with Crippen LogP contribution in [0.4, 0.5) is 8.78 Å². The Labute approximate surface area is 122 Å². The van der Waals surface area contributed by atoms with E-state index in [0.29, 0.717) is 11.3 Å². The predicted octanol–water partition coefficient (Wildman–Crippen LogP) is 3.59. The monoisotopic (exact) mass is 293 g/mol. The van der Waals surface area contributed by atoms with E-state index in [2.05, 4.69) is 10.1 Å². The quantitative estimate of drug-likeness (QED) is 0.846. The van der Waals surface area contributed by atoms with Crippen LogP contribution in [-0.4, -0.2) is 13.7 Å². The molecule has 0 saturated carbocycles. The third kappa shape index (κ3) is 4.72. The van der Waals surface area contributed by atoms with Gasteiger partial charge in [0.1, 0.15) is 18.1 Å². The minimum atomic E-state index is -2.84. The normalized spacial score (nSPS) is 10.7. The Kier molecular flexibility index (Phi) is 5.51. The molecular weight excluding hydrogens is 276 g/mol. The lowest BCUT2D eigenvalue weighted by Crippen LogP contribution is -2.06. The summed E-state index contributed by atoms with van der Waals surface area (Å²) in [4.78, 5) is 0. The second-order valence-corrected chi connectivity index (χ2v) is 4.45. The second kappa shape index (κ2) is 7.59. The molecule has 0 aromatic heterocycles. The zero-order chi connectivity index (χ0) is 15.1. The Morgan fingerprint density at radius 2 is 1.76 bits per heavy atom. The van der Waals surface area contributed by atoms with Gasteiger partial charge in [-0.3, -0.25) is 0 Å². The molecule has 2 aromatic rings. The van der Waals surface area contributed by atoms with E-state index in [9.17, 15) is 8.78 Å². The Balaban J connectivity index is 1.99. The number of alkyl halides is 2. The van der Waals surface area contributed by atoms with Gasteiger partial charge >= 0.3 is 6.61 Å². The summed E-state index contributed by atoms with van der Waals surface area (Å²) in [6.07, 6.45) is 0. The lowest BCUT2D eigenvalue weighted by atomic mass is 10.2. The zero-order valence-corrected chi connectivity index (χ0v) is 11.7. The fourth-order valence-electron chi connectivity index (χ4n) is 1.90. The Bertz CT molecular complexity index is 558. The molecule has 1 N–H and O–H groups in total. The molecule has 0 unspecified atom stereocenters. The standard InChI is InChI=1S/C16H17F2NO2/c1-19-10-12-6-8-14(9-7-12)20-11-13-4-2-3-5-15(13)21-16(17)18/h2-9,16,19H,10-11H2,1H3. The average molecular weight is 293 g/mol. The number of rotatable bonds is 7. The molecule has 2 rings (SSSR count). The van der Waals surface area contributed by atoms with Crippen LogP contribution in [0.3, 0.4) is 0 Å². The molecule has 3 nitrogen and oxygen atoms in total. The highest BCUT2D eigenvalue weighted by molar-refractivity contribution is 5.34. The highest BCUT2D eigenvalue weighted by Crippen LogP contribution is 2.22. The number of benzene rings is 2. The summed E-state index contributed by atoms with van der Waals surface area (Å²) in [6.45, 7) is -1.88. The number of hydrogen-bond acceptors (Lipinski definition) is 3. The number of halogens is 2. The summed E-state index contributed by atoms with van der Waals surface area (Å²) >= 11 is 0. The molecule has 0 radical (unpaired) electrons. The molecule has 0 aliphatic heterocycles. The van der Waals surface area contributed by atoms with Crippen molar-refractivity contribution in [1.29, 1.82) is 0 Å². The van der Waals surface area contributed by atoms with Crippen molar-refractivity contribution < 1.29 is 18.3 Å². The molecule has 21 heavy (non-hydrogen) atoms. The van der Waals surface area contributed by atoms with Crippen molar-refractivity contribution >= 4 is 0 Å². The van der Waals surface area contributed by atoms with Crippen LogP contribution in [0.15, 0.2) is 48.5 Å². The van der Waals surface area contributed by atoms with Crippen LogP contribution < -0.4 is 14.8 Å². The molecule has 0 bridgehead atoms. The van der Waals surface area contributed by atoms with Crippen molar-refractivity contribution in [2.75, 3.05) is 7.05 Å². The average Bonchev–Trinajstić information content (AvgIpc) is 2.48. The molecule has 2 aromatic carbocycles. The van der Waals surface area contributed by atoms with Crippen LogP contribution in [0, 0.1) is 0 Å². The highest BCUT2D eigenvalue weighted by Gasteiger charge is 2.09. The van der Waals surface area contributed by atoms with Crippen molar-refractivity contribution in [1.82, 2.24) is 5.32 Å². The first-order valence-corrected chi connectivity index (χ1v) is 6.58. The van der Waals surface area contributed by atoms with E-state index < -0.39 is 6.61 Å². The number of ether oxygens (including phenoxy) is 2. The first-order valence-electron chi connectivity index (χ1n) is 6.58. The topological polar surface area (TPSA) is 30.5 Å². The summed E-state index contributed by atoms with van der Waals surface area (Å²) < 4.78 is 34.7. The van der Waals surface area contributed by atoms with Gasteiger partial charge in [0, 0.05) is 12.1 Å². The van der Waals surface area contributed by atoms with Crippen LogP contribution in [-0.2, 0) is 13.2 Å². The van der Waals surface area contributed by atoms with Crippen molar-refractivity contribution in [3.05, 3.63) is 59.7 Å². The maximum absolute atomic E-state index is 12.3. The van der Waals surface area contributed by atoms with E-state index in [1.807, 2.05) is 31.3 Å². The number of hydrogen-bond donors (Lipinski definition) is 1. The Morgan fingerprint density at radius 1 is 1.05 bits per heavy atom. The van der Waals surface area contributed by atoms with Gasteiger partial charge in [-0.05, 0) is 30.8 Å². The lowest BCUT2D eigenvalue weighted by Gasteiger charge is -2.12. The Morgan fingerprint density at radius 3 is 2.43 bits per heavy atom. The van der Waals surface area contributed by atoms with Crippen molar-refractivity contribution in [3.63, 3.8) is 0 Å². The minimum Gasteiger partial charge on any atom is -0.489 e. The molecule has 0 aliphatic rings. The molecule has 0 heterocycles. The van der Waals surface area contributed by atoms with Gasteiger partial charge in [0.15, 0.2) is 0 Å². The molecular formula is C16H17F2NO2. The van der Waals surface area contributed by atoms with Crippen LogP contribution in [0.1, 0.15) is 11.1 Å². The summed E-state index contributed by atoms with van der Waals surface area (Å²) in [5, 5.41) is 3.06. The van der Waals surface area contributed by atoms with Crippen LogP contribution in [0.5, 0.6) is 11.5 Å². The van der Waals surface area contributed by atoms with Gasteiger partial charge in [-0.2, -0.15) is 8.78 Å². The SMILES string of the molecule is CNCc1ccc(OCc2ccccc2OC(F)F)cc1. The molecule has 0 amide bonds. The first kappa shape index (κ1) is 15.3. The van der Waals surface area contributed by atoms with Gasteiger partial charge in [0.05, 0.1) is 0 Å². The molecule has 112 valence electrons. The predicted molar refractivity (Wildman–Crippen MR) is 76.6 cm³/mol. The number of nitrogens with one attached hydrogen (secondary N) is 1. The Hall–Kier alpha value is -2.14. The van der Waals surface area contributed by atoms with E-state index in [-0.39, 0.29) is 12.4 Å². The molecule has 0 atom stereocenters. The van der Waals surface area contributed by atoms with Gasteiger partial charge in [-0.15, -0.1) is 0 Å². The van der Waals surface area contributed by atoms with Gasteiger partial charge in [0.25, 0.3) is 0 Å². The van der Waals surface area contributed by atoms with Crippen LogP contribution in [0.25, 0.3) is 0 Å². The van der Waals surface area contributed by atoms with E-state index in [1.54, 1.807) is 18.2 Å². The van der Waals surface area contributed by atoms with Gasteiger partial charge < -0.3 is 14.8 Å². The fourth-order valence-corrected chi connectivity index (χ4v) is 1.90. The van der Waals surface area contributed by atoms with Crippen LogP contribution in [0.2, 0.25) is 0 Å². The molecule has 5 heteroatoms. The van der Waals surface area contributed by atoms with E-state index >= 15 is 0 Å². The molecule has 0 saturated heterocycles. The zero-order valence-electron chi connectivity index (χ0n) is 11.7. The summed E-state index contributed by atoms with van der Waals surface area (Å²) in [7, 11) is 1.88. The number of para-hydroxylation sites is 1. The third-order valence-corrected chi connectivity index (χ3v) is 2.89. The first-order chi connectivity index (χ1) is 10.2. The lowest BCUT2D eigenvalue weighted by molar-refractivity contribution is -0.0508. The smallest absolute Gasteiger partial charge is 0.387 e. The molecule has 0 aliphatic carbocycles. The van der Waals surface area contributed by atoms with Crippen molar-refractivity contribution in [2.24, 2.45) is 0 Å². The minimum absolute atomic E-state index is 0.138. The van der Waals surface area contributed by atoms with E-state index in [0.717, 1.165) is 12.1 Å². The van der Waals surface area contributed by atoms with Crippen molar-refractivity contribution in [3.8, 4) is 11.5 Å². The summed E-state index contributed by atoms with van der Waals surface area (Å²) in [5.74, 6) is 0.820. The van der Waals surface area contributed by atoms with E-state index in [4.69, 9.17) is 4.74 Å². The second-order valence-electron chi connectivity index (χ2n) is 4.45. The maximum atomic E-state index is 12.3. The summed E-state index contributed by atoms with van der Waals surface area (Å²) in [6, 6.07) is 14.2.